The second-order valence-electron chi connectivity index (χ2n) is 7.88. The summed E-state index contributed by atoms with van der Waals surface area (Å²) in [5.74, 6) is 1.92. The Kier molecular flexibility index (Phi) is 4.83. The Labute approximate surface area is 169 Å². The number of likely N-dealkylation sites (tertiary alicyclic amines) is 1. The van der Waals surface area contributed by atoms with Crippen LogP contribution >= 0.6 is 0 Å². The highest BCUT2D eigenvalue weighted by molar-refractivity contribution is 5.92. The Bertz CT molecular complexity index is 994. The highest BCUT2D eigenvalue weighted by atomic mass is 16.2. The smallest absolute Gasteiger partial charge is 0.276 e. The molecule has 1 aromatic carbocycles. The van der Waals surface area contributed by atoms with Gasteiger partial charge in [0.1, 0.15) is 5.82 Å². The second kappa shape index (κ2) is 7.77. The van der Waals surface area contributed by atoms with Gasteiger partial charge in [-0.2, -0.15) is 0 Å². The molecule has 2 aliphatic rings. The highest BCUT2D eigenvalue weighted by Gasteiger charge is 2.35. The molecule has 4 heterocycles. The number of benzene rings is 1. The molecule has 8 heteroatoms. The molecule has 5 rings (SSSR count). The van der Waals surface area contributed by atoms with Crippen molar-refractivity contribution < 1.29 is 4.79 Å². The lowest BCUT2D eigenvalue weighted by atomic mass is 10.2. The lowest BCUT2D eigenvalue weighted by Gasteiger charge is -2.23. The Balaban J connectivity index is 1.35. The van der Waals surface area contributed by atoms with E-state index in [0.717, 1.165) is 62.4 Å². The van der Waals surface area contributed by atoms with Crippen LogP contribution in [0, 0.1) is 0 Å². The molecule has 0 spiro atoms. The molecule has 1 amide bonds. The van der Waals surface area contributed by atoms with Crippen LogP contribution in [0.3, 0.4) is 0 Å². The van der Waals surface area contributed by atoms with Crippen LogP contribution in [0.2, 0.25) is 0 Å². The first-order chi connectivity index (χ1) is 14.3. The predicted octanol–water partition coefficient (Wildman–Crippen LogP) is 2.62. The zero-order valence-electron chi connectivity index (χ0n) is 16.4. The van der Waals surface area contributed by atoms with E-state index in [4.69, 9.17) is 0 Å². The fourth-order valence-corrected chi connectivity index (χ4v) is 4.42. The van der Waals surface area contributed by atoms with Crippen molar-refractivity contribution in [3.05, 3.63) is 59.4 Å². The first kappa shape index (κ1) is 18.0. The van der Waals surface area contributed by atoms with Gasteiger partial charge >= 0.3 is 0 Å². The number of nitrogens with zero attached hydrogens (tertiary/aromatic N) is 7. The van der Waals surface area contributed by atoms with Gasteiger partial charge < -0.3 is 9.47 Å². The van der Waals surface area contributed by atoms with Crippen molar-refractivity contribution in [2.75, 3.05) is 6.54 Å². The van der Waals surface area contributed by atoms with E-state index >= 15 is 0 Å². The maximum atomic E-state index is 13.2. The van der Waals surface area contributed by atoms with Gasteiger partial charge in [0, 0.05) is 19.5 Å². The van der Waals surface area contributed by atoms with Crippen LogP contribution in [0.1, 0.15) is 65.8 Å². The average molecular weight is 391 g/mol. The summed E-state index contributed by atoms with van der Waals surface area (Å²) in [6.07, 6.45) is 8.14. The van der Waals surface area contributed by atoms with Crippen molar-refractivity contribution >= 4 is 5.91 Å². The van der Waals surface area contributed by atoms with E-state index in [0.29, 0.717) is 12.2 Å². The Morgan fingerprint density at radius 3 is 2.79 bits per heavy atom. The first-order valence-electron chi connectivity index (χ1n) is 10.5. The summed E-state index contributed by atoms with van der Waals surface area (Å²) >= 11 is 0. The third kappa shape index (κ3) is 3.54. The molecule has 1 saturated heterocycles. The summed E-state index contributed by atoms with van der Waals surface area (Å²) in [7, 11) is 0. The van der Waals surface area contributed by atoms with Crippen LogP contribution in [0.15, 0.2) is 36.5 Å². The van der Waals surface area contributed by atoms with Gasteiger partial charge in [-0.15, -0.1) is 15.3 Å². The predicted molar refractivity (Wildman–Crippen MR) is 106 cm³/mol. The molecule has 1 fully saturated rings. The fraction of sp³-hybridized carbons (Fsp3) is 0.476. The Hall–Kier alpha value is -3.03. The van der Waals surface area contributed by atoms with Crippen LogP contribution in [0.4, 0.5) is 0 Å². The normalized spacial score (nSPS) is 19.2. The van der Waals surface area contributed by atoms with Crippen LogP contribution in [-0.4, -0.2) is 47.1 Å². The molecule has 2 aliphatic heterocycles. The van der Waals surface area contributed by atoms with Crippen LogP contribution in [0.5, 0.6) is 0 Å². The number of aryl methyl sites for hydroxylation is 1. The van der Waals surface area contributed by atoms with E-state index in [1.807, 2.05) is 35.2 Å². The Morgan fingerprint density at radius 2 is 1.90 bits per heavy atom. The number of hydrogen-bond acceptors (Lipinski definition) is 5. The molecule has 1 unspecified atom stereocenters. The second-order valence-corrected chi connectivity index (χ2v) is 7.88. The van der Waals surface area contributed by atoms with Gasteiger partial charge in [0.25, 0.3) is 5.91 Å². The Morgan fingerprint density at radius 1 is 1.00 bits per heavy atom. The highest BCUT2D eigenvalue weighted by Crippen LogP contribution is 2.33. The summed E-state index contributed by atoms with van der Waals surface area (Å²) in [4.78, 5) is 15.1. The van der Waals surface area contributed by atoms with Crippen molar-refractivity contribution in [3.8, 4) is 0 Å². The van der Waals surface area contributed by atoms with E-state index in [1.165, 1.54) is 6.42 Å². The van der Waals surface area contributed by atoms with Gasteiger partial charge in [0.05, 0.1) is 18.8 Å². The zero-order valence-corrected chi connectivity index (χ0v) is 16.4. The minimum absolute atomic E-state index is 0.0267. The quantitative estimate of drug-likeness (QED) is 0.683. The molecular formula is C21H25N7O. The summed E-state index contributed by atoms with van der Waals surface area (Å²) in [6, 6.07) is 10.0. The molecular weight excluding hydrogens is 366 g/mol. The maximum absolute atomic E-state index is 13.2. The van der Waals surface area contributed by atoms with E-state index in [1.54, 1.807) is 10.9 Å². The molecule has 2 aromatic heterocycles. The molecule has 1 atom stereocenters. The number of carbonyl (C=O) groups is 1. The summed E-state index contributed by atoms with van der Waals surface area (Å²) in [6.45, 7) is 2.27. The monoisotopic (exact) mass is 391 g/mol. The number of carbonyl (C=O) groups excluding carboxylic acids is 1. The summed E-state index contributed by atoms with van der Waals surface area (Å²) < 4.78 is 3.96. The summed E-state index contributed by atoms with van der Waals surface area (Å²) in [5, 5.41) is 17.2. The van der Waals surface area contributed by atoms with Crippen molar-refractivity contribution in [1.29, 1.82) is 0 Å². The van der Waals surface area contributed by atoms with E-state index in [-0.39, 0.29) is 11.9 Å². The molecule has 0 aliphatic carbocycles. The largest absolute Gasteiger partial charge is 0.327 e. The standard InChI is InChI=1S/C21H25N7O/c29-21(17-15-26(25-22-17)14-16-8-3-1-4-9-16)27-13-7-10-18(27)20-24-23-19-11-5-2-6-12-28(19)20/h1,3-4,8-9,15,18H,2,5-7,10-14H2. The third-order valence-electron chi connectivity index (χ3n) is 5.89. The molecule has 0 radical (unpaired) electrons. The third-order valence-corrected chi connectivity index (χ3v) is 5.89. The molecule has 8 nitrogen and oxygen atoms in total. The maximum Gasteiger partial charge on any atom is 0.276 e. The fourth-order valence-electron chi connectivity index (χ4n) is 4.42. The van der Waals surface area contributed by atoms with Crippen molar-refractivity contribution in [2.24, 2.45) is 0 Å². The van der Waals surface area contributed by atoms with E-state index < -0.39 is 0 Å². The SMILES string of the molecule is O=C(c1cn(Cc2ccccc2)nn1)N1CCCC1c1nnc2n1CCCCC2. The van der Waals surface area contributed by atoms with Gasteiger partial charge in [-0.3, -0.25) is 4.79 Å². The number of rotatable bonds is 4. The number of fused-ring (bicyclic) bond motifs is 1. The molecule has 29 heavy (non-hydrogen) atoms. The molecule has 0 bridgehead atoms. The van der Waals surface area contributed by atoms with Gasteiger partial charge in [-0.25, -0.2) is 4.68 Å². The van der Waals surface area contributed by atoms with Gasteiger partial charge in [0.2, 0.25) is 0 Å². The summed E-state index contributed by atoms with van der Waals surface area (Å²) in [5.41, 5.74) is 1.52. The van der Waals surface area contributed by atoms with Crippen LogP contribution in [0.25, 0.3) is 0 Å². The molecule has 3 aromatic rings. The lowest BCUT2D eigenvalue weighted by molar-refractivity contribution is 0.0721. The number of hydrogen-bond donors (Lipinski definition) is 0. The lowest BCUT2D eigenvalue weighted by Crippen LogP contribution is -2.32. The van der Waals surface area contributed by atoms with Crippen LogP contribution < -0.4 is 0 Å². The van der Waals surface area contributed by atoms with Gasteiger partial charge in [-0.05, 0) is 31.2 Å². The number of aromatic nitrogens is 6. The average Bonchev–Trinajstić information content (AvgIpc) is 3.45. The van der Waals surface area contributed by atoms with Crippen molar-refractivity contribution in [3.63, 3.8) is 0 Å². The first-order valence-corrected chi connectivity index (χ1v) is 10.5. The zero-order chi connectivity index (χ0) is 19.6. The van der Waals surface area contributed by atoms with Crippen molar-refractivity contribution in [2.45, 2.75) is 57.7 Å². The minimum Gasteiger partial charge on any atom is -0.327 e. The van der Waals surface area contributed by atoms with E-state index in [2.05, 4.69) is 25.1 Å². The molecule has 150 valence electrons. The van der Waals surface area contributed by atoms with Crippen molar-refractivity contribution in [1.82, 2.24) is 34.7 Å². The molecule has 0 saturated carbocycles. The topological polar surface area (TPSA) is 81.7 Å². The van der Waals surface area contributed by atoms with E-state index in [9.17, 15) is 4.79 Å². The van der Waals surface area contributed by atoms with Gasteiger partial charge in [-0.1, -0.05) is 42.0 Å². The van der Waals surface area contributed by atoms with Crippen LogP contribution in [-0.2, 0) is 19.5 Å². The number of amides is 1. The molecule has 0 N–H and O–H groups in total. The van der Waals surface area contributed by atoms with Gasteiger partial charge in [0.15, 0.2) is 11.5 Å². The minimum atomic E-state index is -0.0715.